The molecule has 274 valence electrons. The molecule has 1 aliphatic rings. The van der Waals surface area contributed by atoms with Crippen LogP contribution in [0.5, 0.6) is 5.75 Å². The first-order chi connectivity index (χ1) is 24.4. The molecule has 1 fully saturated rings. The first-order valence-electron chi connectivity index (χ1n) is 16.3. The van der Waals surface area contributed by atoms with Crippen LogP contribution in [0.4, 0.5) is 28.4 Å². The summed E-state index contributed by atoms with van der Waals surface area (Å²) in [5.41, 5.74) is 3.63. The zero-order chi connectivity index (χ0) is 37.8. The Kier molecular flexibility index (Phi) is 11.3. The summed E-state index contributed by atoms with van der Waals surface area (Å²) in [5, 5.41) is 10.1. The highest BCUT2D eigenvalue weighted by Crippen LogP contribution is 2.34. The number of urea groups is 1. The highest BCUT2D eigenvalue weighted by molar-refractivity contribution is 8.15. The minimum absolute atomic E-state index is 0.117. The van der Waals surface area contributed by atoms with Crippen molar-refractivity contribution < 1.29 is 37.0 Å². The zero-order valence-corrected chi connectivity index (χ0v) is 30.1. The Hall–Kier alpha value is -5.38. The summed E-state index contributed by atoms with van der Waals surface area (Å²) >= 11 is 1.16. The van der Waals surface area contributed by atoms with E-state index < -0.39 is 30.3 Å². The fourth-order valence-corrected chi connectivity index (χ4v) is 6.08. The number of amidine groups is 1. The first kappa shape index (κ1) is 37.9. The molecule has 12 nitrogen and oxygen atoms in total. The number of amides is 4. The van der Waals surface area contributed by atoms with E-state index in [0.717, 1.165) is 28.5 Å². The van der Waals surface area contributed by atoms with Gasteiger partial charge in [-0.05, 0) is 80.6 Å². The Morgan fingerprint density at radius 2 is 1.69 bits per heavy atom. The van der Waals surface area contributed by atoms with Gasteiger partial charge in [0.1, 0.15) is 23.8 Å². The number of aryl methyl sites for hydroxylation is 1. The van der Waals surface area contributed by atoms with Gasteiger partial charge in [0.15, 0.2) is 11.0 Å². The first-order valence-corrected chi connectivity index (χ1v) is 17.2. The smallest absolute Gasteiger partial charge is 0.444 e. The average Bonchev–Trinajstić information content (AvgIpc) is 3.67. The van der Waals surface area contributed by atoms with E-state index in [0.29, 0.717) is 22.8 Å². The molecule has 2 N–H and O–H groups in total. The van der Waals surface area contributed by atoms with Crippen molar-refractivity contribution >= 4 is 40.6 Å². The number of thioether (sulfide) groups is 1. The maximum absolute atomic E-state index is 13.4. The van der Waals surface area contributed by atoms with Crippen LogP contribution >= 0.6 is 11.8 Å². The molecule has 16 heteroatoms. The number of anilines is 1. The van der Waals surface area contributed by atoms with Gasteiger partial charge in [0.25, 0.3) is 0 Å². The molecule has 0 radical (unpaired) electrons. The van der Waals surface area contributed by atoms with Crippen molar-refractivity contribution in [3.8, 4) is 22.8 Å². The Balaban J connectivity index is 1.32. The van der Waals surface area contributed by atoms with E-state index in [9.17, 15) is 27.6 Å². The van der Waals surface area contributed by atoms with Crippen molar-refractivity contribution in [3.05, 3.63) is 89.7 Å². The van der Waals surface area contributed by atoms with Crippen molar-refractivity contribution in [2.24, 2.45) is 4.99 Å². The van der Waals surface area contributed by atoms with Crippen molar-refractivity contribution in [1.82, 2.24) is 25.4 Å². The summed E-state index contributed by atoms with van der Waals surface area (Å²) < 4.78 is 48.3. The van der Waals surface area contributed by atoms with Gasteiger partial charge in [0.05, 0.1) is 17.1 Å². The van der Waals surface area contributed by atoms with Crippen LogP contribution in [0.1, 0.15) is 57.2 Å². The molecule has 1 unspecified atom stereocenters. The number of nitrogens with one attached hydrogen (secondary N) is 2. The van der Waals surface area contributed by atoms with E-state index in [1.807, 2.05) is 39.0 Å². The molecule has 4 amide bonds. The number of carbonyl (C=O) groups is 3. The molecule has 3 aromatic carbocycles. The molecule has 0 spiro atoms. The van der Waals surface area contributed by atoms with Gasteiger partial charge in [-0.1, -0.05) is 62.0 Å². The maximum Gasteiger partial charge on any atom is 0.573 e. The predicted molar refractivity (Wildman–Crippen MR) is 192 cm³/mol. The molecule has 2 heterocycles. The van der Waals surface area contributed by atoms with Crippen molar-refractivity contribution in [3.63, 3.8) is 0 Å². The minimum atomic E-state index is -4.79. The second kappa shape index (κ2) is 15.5. The Morgan fingerprint density at radius 3 is 2.33 bits per heavy atom. The topological polar surface area (TPSA) is 140 Å². The van der Waals surface area contributed by atoms with Crippen LogP contribution in [0.3, 0.4) is 0 Å². The summed E-state index contributed by atoms with van der Waals surface area (Å²) in [6.07, 6.45) is -4.91. The number of hydrogen-bond donors (Lipinski definition) is 2. The third-order valence-electron chi connectivity index (χ3n) is 7.48. The van der Waals surface area contributed by atoms with E-state index in [2.05, 4.69) is 30.4 Å². The largest absolute Gasteiger partial charge is 0.573 e. The molecule has 0 bridgehead atoms. The van der Waals surface area contributed by atoms with Crippen LogP contribution in [0, 0.1) is 6.92 Å². The Labute approximate surface area is 302 Å². The molecule has 5 rings (SSSR count). The standard InChI is InChI=1S/C36H38F3N7O5S/c1-21(2)27-16-7-22(3)17-28(27)46-30(47)19-52-33(46)43-32(48)41-29(42-34(49)51-35(4,5)6)18-23-8-10-24(11-9-23)31-40-20-45(44-31)25-12-14-26(15-13-25)50-36(37,38)39/h7-17,20-21,29H,18-19H2,1-6H3,(H,41,48)(H,42,49). The van der Waals surface area contributed by atoms with Crippen molar-refractivity contribution in [1.29, 1.82) is 0 Å². The third-order valence-corrected chi connectivity index (χ3v) is 8.40. The second-order valence-electron chi connectivity index (χ2n) is 13.2. The van der Waals surface area contributed by atoms with Gasteiger partial charge in [0, 0.05) is 12.0 Å². The van der Waals surface area contributed by atoms with Gasteiger partial charge in [-0.15, -0.1) is 18.3 Å². The van der Waals surface area contributed by atoms with Gasteiger partial charge in [-0.2, -0.15) is 4.99 Å². The lowest BCUT2D eigenvalue weighted by molar-refractivity contribution is -0.274. The summed E-state index contributed by atoms with van der Waals surface area (Å²) in [7, 11) is 0. The Bertz CT molecular complexity index is 1960. The van der Waals surface area contributed by atoms with Crippen LogP contribution < -0.4 is 20.3 Å². The molecule has 0 aliphatic carbocycles. The number of hydrogen-bond acceptors (Lipinski definition) is 8. The predicted octanol–water partition coefficient (Wildman–Crippen LogP) is 7.50. The molecule has 4 aromatic rings. The zero-order valence-electron chi connectivity index (χ0n) is 29.3. The molecule has 1 aromatic heterocycles. The van der Waals surface area contributed by atoms with E-state index in [-0.39, 0.29) is 34.9 Å². The third kappa shape index (κ3) is 10.1. The monoisotopic (exact) mass is 737 g/mol. The molecular weight excluding hydrogens is 700 g/mol. The highest BCUT2D eigenvalue weighted by atomic mass is 32.2. The lowest BCUT2D eigenvalue weighted by Crippen LogP contribution is -2.50. The van der Waals surface area contributed by atoms with Crippen LogP contribution in [-0.2, 0) is 16.0 Å². The number of halogens is 3. The number of aromatic nitrogens is 3. The number of carbonyl (C=O) groups excluding carboxylic acids is 3. The van der Waals surface area contributed by atoms with Gasteiger partial charge in [-0.3, -0.25) is 9.69 Å². The van der Waals surface area contributed by atoms with Crippen LogP contribution in [0.2, 0.25) is 0 Å². The van der Waals surface area contributed by atoms with Gasteiger partial charge in [-0.25, -0.2) is 19.3 Å². The van der Waals surface area contributed by atoms with Crippen molar-refractivity contribution in [2.75, 3.05) is 10.7 Å². The summed E-state index contributed by atoms with van der Waals surface area (Å²) in [6.45, 7) is 11.1. The molecule has 52 heavy (non-hydrogen) atoms. The summed E-state index contributed by atoms with van der Waals surface area (Å²) in [5.74, 6) is 0.0522. The van der Waals surface area contributed by atoms with Crippen LogP contribution in [-0.4, -0.2) is 61.8 Å². The molecule has 1 saturated heterocycles. The van der Waals surface area contributed by atoms with E-state index in [1.54, 1.807) is 45.0 Å². The molecule has 1 atom stereocenters. The summed E-state index contributed by atoms with van der Waals surface area (Å²) in [6, 6.07) is 17.4. The van der Waals surface area contributed by atoms with Gasteiger partial charge < -0.3 is 20.1 Å². The van der Waals surface area contributed by atoms with Gasteiger partial charge in [0.2, 0.25) is 5.91 Å². The number of benzene rings is 3. The molecular formula is C36H38F3N7O5S. The van der Waals surface area contributed by atoms with Crippen molar-refractivity contribution in [2.45, 2.75) is 72.0 Å². The highest BCUT2D eigenvalue weighted by Gasteiger charge is 2.33. The van der Waals surface area contributed by atoms with E-state index in [4.69, 9.17) is 4.74 Å². The van der Waals surface area contributed by atoms with E-state index in [1.165, 1.54) is 40.2 Å². The number of alkyl carbamates (subject to hydrolysis) is 1. The van der Waals surface area contributed by atoms with E-state index >= 15 is 0 Å². The number of aliphatic imine (C=N–C) groups is 1. The fourth-order valence-electron chi connectivity index (χ4n) is 5.22. The lowest BCUT2D eigenvalue weighted by atomic mass is 9.99. The Morgan fingerprint density at radius 1 is 1.00 bits per heavy atom. The number of rotatable bonds is 9. The lowest BCUT2D eigenvalue weighted by Gasteiger charge is -2.24. The normalized spacial score (nSPS) is 14.8. The fraction of sp³-hybridized carbons (Fsp3) is 0.333. The number of nitrogens with zero attached hydrogens (tertiary/aromatic N) is 5. The molecule has 1 aliphatic heterocycles. The molecule has 0 saturated carbocycles. The average molecular weight is 738 g/mol. The van der Waals surface area contributed by atoms with Crippen LogP contribution in [0.25, 0.3) is 17.1 Å². The number of ether oxygens (including phenoxy) is 2. The second-order valence-corrected chi connectivity index (χ2v) is 14.2. The quantitative estimate of drug-likeness (QED) is 0.168. The SMILES string of the molecule is Cc1ccc(C(C)C)c(N2C(=O)CSC2=NC(=O)NC(Cc2ccc(-c3ncn(-c4ccc(OC(F)(F)F)cc4)n3)cc2)NC(=O)OC(C)(C)C)c1. The van der Waals surface area contributed by atoms with Gasteiger partial charge >= 0.3 is 18.5 Å². The van der Waals surface area contributed by atoms with Crippen LogP contribution in [0.15, 0.2) is 78.0 Å². The maximum atomic E-state index is 13.4. The summed E-state index contributed by atoms with van der Waals surface area (Å²) in [4.78, 5) is 49.2. The minimum Gasteiger partial charge on any atom is -0.444 e. The number of alkyl halides is 3.